The van der Waals surface area contributed by atoms with Gasteiger partial charge in [-0.15, -0.1) is 0 Å². The standard InChI is InChI=1S/C49H84N2O5/c1-3-5-7-9-11-13-15-16-17-18-19-20-21-22-24-26-28-33-37-43-48(53)56-45(39-34-30-27-25-23-14-12-10-8-6-4-2)40-35-31-29-32-36-42-47(52)51-46(49(54)55)41-38-44-50/h5,7,11-14,16-17,19-20,25,27,45-46H,3-4,6,8-10,15,18,21-24,26,28-44,50H2,1-2H3,(H,51,52)(H,54,55)/b7-5-,13-11-,14-12-,17-16-,20-19-,27-25-. The van der Waals surface area contributed by atoms with Gasteiger partial charge in [-0.25, -0.2) is 4.79 Å². The summed E-state index contributed by atoms with van der Waals surface area (Å²) in [6, 6.07) is -0.865. The average Bonchev–Trinajstić information content (AvgIpc) is 3.18. The molecule has 56 heavy (non-hydrogen) atoms. The number of ether oxygens (including phenoxy) is 1. The van der Waals surface area contributed by atoms with Crippen LogP contribution >= 0.6 is 0 Å². The summed E-state index contributed by atoms with van der Waals surface area (Å²) in [5.41, 5.74) is 5.49. The topological polar surface area (TPSA) is 119 Å². The molecule has 0 heterocycles. The molecule has 2 atom stereocenters. The molecule has 0 bridgehead atoms. The van der Waals surface area contributed by atoms with Gasteiger partial charge in [0.05, 0.1) is 0 Å². The third-order valence-corrected chi connectivity index (χ3v) is 9.76. The monoisotopic (exact) mass is 781 g/mol. The van der Waals surface area contributed by atoms with Gasteiger partial charge in [0.15, 0.2) is 0 Å². The number of hydrogen-bond donors (Lipinski definition) is 3. The largest absolute Gasteiger partial charge is 0.480 e. The first-order valence-corrected chi connectivity index (χ1v) is 22.8. The molecular formula is C49H84N2O5. The highest BCUT2D eigenvalue weighted by Gasteiger charge is 2.19. The highest BCUT2D eigenvalue weighted by Crippen LogP contribution is 2.18. The minimum Gasteiger partial charge on any atom is -0.480 e. The number of carbonyl (C=O) groups is 3. The van der Waals surface area contributed by atoms with E-state index in [1.165, 1.54) is 51.4 Å². The molecule has 0 aliphatic carbocycles. The van der Waals surface area contributed by atoms with Crippen LogP contribution in [0.25, 0.3) is 0 Å². The van der Waals surface area contributed by atoms with E-state index in [9.17, 15) is 19.5 Å². The first kappa shape index (κ1) is 52.8. The van der Waals surface area contributed by atoms with Gasteiger partial charge in [0.1, 0.15) is 12.1 Å². The van der Waals surface area contributed by atoms with Crippen LogP contribution < -0.4 is 11.1 Å². The summed E-state index contributed by atoms with van der Waals surface area (Å²) in [7, 11) is 0. The van der Waals surface area contributed by atoms with Gasteiger partial charge in [-0.2, -0.15) is 0 Å². The second kappa shape index (κ2) is 42.9. The fourth-order valence-electron chi connectivity index (χ4n) is 6.36. The number of nitrogens with two attached hydrogens (primary N) is 1. The van der Waals surface area contributed by atoms with Gasteiger partial charge in [-0.05, 0) is 122 Å². The molecular weight excluding hydrogens is 697 g/mol. The van der Waals surface area contributed by atoms with Crippen molar-refractivity contribution in [2.24, 2.45) is 5.73 Å². The Labute approximate surface area is 343 Å². The number of amides is 1. The van der Waals surface area contributed by atoms with E-state index in [1.807, 2.05) is 0 Å². The predicted octanol–water partition coefficient (Wildman–Crippen LogP) is 13.1. The molecule has 0 fully saturated rings. The van der Waals surface area contributed by atoms with Crippen molar-refractivity contribution in [3.63, 3.8) is 0 Å². The van der Waals surface area contributed by atoms with Gasteiger partial charge in [0.2, 0.25) is 5.91 Å². The zero-order valence-corrected chi connectivity index (χ0v) is 36.0. The molecule has 2 unspecified atom stereocenters. The van der Waals surface area contributed by atoms with E-state index in [1.54, 1.807) is 0 Å². The first-order chi connectivity index (χ1) is 27.4. The van der Waals surface area contributed by atoms with Crippen molar-refractivity contribution in [1.29, 1.82) is 0 Å². The molecule has 0 aromatic carbocycles. The highest BCUT2D eigenvalue weighted by molar-refractivity contribution is 5.83. The number of aliphatic carboxylic acids is 1. The zero-order chi connectivity index (χ0) is 41.0. The summed E-state index contributed by atoms with van der Waals surface area (Å²) < 4.78 is 6.02. The Hall–Kier alpha value is -3.19. The second-order valence-electron chi connectivity index (χ2n) is 15.1. The van der Waals surface area contributed by atoms with Crippen molar-refractivity contribution in [3.05, 3.63) is 72.9 Å². The van der Waals surface area contributed by atoms with E-state index < -0.39 is 12.0 Å². The first-order valence-electron chi connectivity index (χ1n) is 22.8. The number of rotatable bonds is 40. The van der Waals surface area contributed by atoms with Crippen LogP contribution in [0.3, 0.4) is 0 Å². The maximum atomic E-state index is 12.8. The van der Waals surface area contributed by atoms with Crippen LogP contribution in [0.5, 0.6) is 0 Å². The van der Waals surface area contributed by atoms with E-state index in [0.717, 1.165) is 109 Å². The number of unbranched alkanes of at least 4 members (excludes halogenated alkanes) is 14. The maximum absolute atomic E-state index is 12.8. The molecule has 7 heteroatoms. The predicted molar refractivity (Wildman–Crippen MR) is 239 cm³/mol. The number of carbonyl (C=O) groups excluding carboxylic acids is 2. The Kier molecular flexibility index (Phi) is 40.5. The van der Waals surface area contributed by atoms with E-state index >= 15 is 0 Å². The molecule has 0 rings (SSSR count). The number of allylic oxidation sites excluding steroid dienone is 12. The van der Waals surface area contributed by atoms with Gasteiger partial charge in [-0.3, -0.25) is 9.59 Å². The molecule has 320 valence electrons. The van der Waals surface area contributed by atoms with Gasteiger partial charge < -0.3 is 20.9 Å². The fraction of sp³-hybridized carbons (Fsp3) is 0.694. The molecule has 0 radical (unpaired) electrons. The van der Waals surface area contributed by atoms with Crippen LogP contribution in [-0.2, 0) is 19.1 Å². The Morgan fingerprint density at radius 1 is 0.536 bits per heavy atom. The summed E-state index contributed by atoms with van der Waals surface area (Å²) in [6.07, 6.45) is 55.2. The summed E-state index contributed by atoms with van der Waals surface area (Å²) >= 11 is 0. The van der Waals surface area contributed by atoms with Crippen molar-refractivity contribution in [3.8, 4) is 0 Å². The molecule has 0 aromatic heterocycles. The summed E-state index contributed by atoms with van der Waals surface area (Å²) in [6.45, 7) is 4.80. The SMILES string of the molecule is CC/C=C\C/C=C\C/C=C\C/C=C\CCCCCCCCC(=O)OC(CCC/C=C\C/C=C\CCCCC)CCCCCCCC(=O)NC(CCCN)C(=O)O. The lowest BCUT2D eigenvalue weighted by Gasteiger charge is -2.18. The Morgan fingerprint density at radius 3 is 1.55 bits per heavy atom. The van der Waals surface area contributed by atoms with Crippen molar-refractivity contribution < 1.29 is 24.2 Å². The molecule has 0 aliphatic heterocycles. The van der Waals surface area contributed by atoms with Crippen LogP contribution in [0.1, 0.15) is 200 Å². The molecule has 0 aromatic rings. The van der Waals surface area contributed by atoms with E-state index in [2.05, 4.69) is 92.1 Å². The minimum atomic E-state index is -1.01. The van der Waals surface area contributed by atoms with Crippen molar-refractivity contribution in [1.82, 2.24) is 5.32 Å². The molecule has 0 saturated carbocycles. The number of hydrogen-bond acceptors (Lipinski definition) is 5. The van der Waals surface area contributed by atoms with E-state index in [-0.39, 0.29) is 18.0 Å². The Morgan fingerprint density at radius 2 is 1.00 bits per heavy atom. The number of carboxylic acids is 1. The van der Waals surface area contributed by atoms with Crippen LogP contribution in [-0.4, -0.2) is 41.6 Å². The van der Waals surface area contributed by atoms with Gasteiger partial charge in [0.25, 0.3) is 0 Å². The molecule has 0 spiro atoms. The molecule has 0 aliphatic rings. The van der Waals surface area contributed by atoms with E-state index in [4.69, 9.17) is 10.5 Å². The number of esters is 1. The van der Waals surface area contributed by atoms with Crippen LogP contribution in [0.15, 0.2) is 72.9 Å². The lowest BCUT2D eigenvalue weighted by molar-refractivity contribution is -0.150. The Bertz CT molecular complexity index is 1110. The third-order valence-electron chi connectivity index (χ3n) is 9.76. The van der Waals surface area contributed by atoms with Crippen molar-refractivity contribution in [2.75, 3.05) is 6.54 Å². The Balaban J connectivity index is 4.36. The second-order valence-corrected chi connectivity index (χ2v) is 15.1. The molecule has 0 saturated heterocycles. The van der Waals surface area contributed by atoms with Crippen LogP contribution in [0.4, 0.5) is 0 Å². The van der Waals surface area contributed by atoms with Crippen LogP contribution in [0.2, 0.25) is 0 Å². The molecule has 7 nitrogen and oxygen atoms in total. The number of carboxylic acid groups (broad SMARTS) is 1. The maximum Gasteiger partial charge on any atom is 0.326 e. The third kappa shape index (κ3) is 39.1. The molecule has 4 N–H and O–H groups in total. The van der Waals surface area contributed by atoms with Crippen LogP contribution in [0, 0.1) is 0 Å². The number of nitrogens with one attached hydrogen (secondary N) is 1. The summed E-state index contributed by atoms with van der Waals surface area (Å²) in [5.74, 6) is -1.28. The quantitative estimate of drug-likeness (QED) is 0.0324. The highest BCUT2D eigenvalue weighted by atomic mass is 16.5. The van der Waals surface area contributed by atoms with Gasteiger partial charge in [0, 0.05) is 12.8 Å². The lowest BCUT2D eigenvalue weighted by atomic mass is 10.0. The molecule has 1 amide bonds. The zero-order valence-electron chi connectivity index (χ0n) is 36.0. The normalized spacial score (nSPS) is 13.3. The van der Waals surface area contributed by atoms with Crippen molar-refractivity contribution in [2.45, 2.75) is 212 Å². The summed E-state index contributed by atoms with van der Waals surface area (Å²) in [4.78, 5) is 36.4. The van der Waals surface area contributed by atoms with E-state index in [0.29, 0.717) is 32.2 Å². The van der Waals surface area contributed by atoms with Gasteiger partial charge in [-0.1, -0.05) is 145 Å². The summed E-state index contributed by atoms with van der Waals surface area (Å²) in [5, 5.41) is 11.9. The lowest BCUT2D eigenvalue weighted by Crippen LogP contribution is -2.40. The fourth-order valence-corrected chi connectivity index (χ4v) is 6.36. The minimum absolute atomic E-state index is 0.0417. The van der Waals surface area contributed by atoms with Crippen molar-refractivity contribution >= 4 is 17.8 Å². The van der Waals surface area contributed by atoms with Gasteiger partial charge >= 0.3 is 11.9 Å². The average molecular weight is 781 g/mol. The smallest absolute Gasteiger partial charge is 0.326 e.